The molecule has 0 saturated carbocycles. The van der Waals surface area contributed by atoms with Crippen LogP contribution in [0.5, 0.6) is 5.75 Å². The first-order valence-electron chi connectivity index (χ1n) is 6.30. The number of aryl methyl sites for hydroxylation is 2. The SMILES string of the molecule is Cc1nn(C)c2c1[C@@H](c1ccc(O)cc1)SCC(=O)N2. The van der Waals surface area contributed by atoms with E-state index in [4.69, 9.17) is 0 Å². The second kappa shape index (κ2) is 4.86. The number of carbonyl (C=O) groups excluding carboxylic acids is 1. The normalized spacial score (nSPS) is 18.3. The van der Waals surface area contributed by atoms with Crippen molar-refractivity contribution in [1.29, 1.82) is 0 Å². The fourth-order valence-corrected chi connectivity index (χ4v) is 3.65. The number of nitrogens with one attached hydrogen (secondary N) is 1. The highest BCUT2D eigenvalue weighted by molar-refractivity contribution is 8.00. The maximum absolute atomic E-state index is 11.8. The number of phenols is 1. The summed E-state index contributed by atoms with van der Waals surface area (Å²) in [6.07, 6.45) is 0. The van der Waals surface area contributed by atoms with Crippen LogP contribution in [0.3, 0.4) is 0 Å². The van der Waals surface area contributed by atoms with Crippen molar-refractivity contribution in [3.05, 3.63) is 41.1 Å². The van der Waals surface area contributed by atoms with Gasteiger partial charge in [0.25, 0.3) is 0 Å². The van der Waals surface area contributed by atoms with E-state index in [1.807, 2.05) is 26.1 Å². The van der Waals surface area contributed by atoms with Crippen molar-refractivity contribution in [2.75, 3.05) is 11.1 Å². The van der Waals surface area contributed by atoms with Gasteiger partial charge in [0.15, 0.2) is 0 Å². The first kappa shape index (κ1) is 13.1. The number of benzene rings is 1. The molecule has 0 unspecified atom stereocenters. The predicted molar refractivity (Wildman–Crippen MR) is 79.0 cm³/mol. The van der Waals surface area contributed by atoms with Crippen LogP contribution in [0, 0.1) is 6.92 Å². The zero-order valence-electron chi connectivity index (χ0n) is 11.3. The van der Waals surface area contributed by atoms with Gasteiger partial charge in [-0.25, -0.2) is 0 Å². The highest BCUT2D eigenvalue weighted by atomic mass is 32.2. The Bertz CT molecular complexity index is 664. The Morgan fingerprint density at radius 2 is 2.10 bits per heavy atom. The van der Waals surface area contributed by atoms with Crippen LogP contribution < -0.4 is 5.32 Å². The highest BCUT2D eigenvalue weighted by Gasteiger charge is 2.29. The highest BCUT2D eigenvalue weighted by Crippen LogP contribution is 2.43. The number of aromatic hydroxyl groups is 1. The number of phenolic OH excluding ortho intramolecular Hbond substituents is 1. The number of rotatable bonds is 1. The summed E-state index contributed by atoms with van der Waals surface area (Å²) < 4.78 is 1.71. The Morgan fingerprint density at radius 3 is 2.80 bits per heavy atom. The van der Waals surface area contributed by atoms with E-state index in [0.29, 0.717) is 5.75 Å². The third-order valence-corrected chi connectivity index (χ3v) is 4.64. The molecule has 0 aliphatic carbocycles. The van der Waals surface area contributed by atoms with Gasteiger partial charge >= 0.3 is 0 Å². The molecular formula is C14H15N3O2S. The summed E-state index contributed by atoms with van der Waals surface area (Å²) in [5.41, 5.74) is 3.01. The Morgan fingerprint density at radius 1 is 1.40 bits per heavy atom. The lowest BCUT2D eigenvalue weighted by molar-refractivity contribution is -0.113. The fourth-order valence-electron chi connectivity index (χ4n) is 2.46. The van der Waals surface area contributed by atoms with Gasteiger partial charge in [0.2, 0.25) is 5.91 Å². The molecular weight excluding hydrogens is 274 g/mol. The quantitative estimate of drug-likeness (QED) is 0.844. The van der Waals surface area contributed by atoms with Crippen LogP contribution in [0.2, 0.25) is 0 Å². The zero-order valence-corrected chi connectivity index (χ0v) is 12.1. The molecule has 1 aromatic carbocycles. The van der Waals surface area contributed by atoms with Gasteiger partial charge in [-0.05, 0) is 24.6 Å². The van der Waals surface area contributed by atoms with Crippen LogP contribution in [-0.4, -0.2) is 26.5 Å². The molecule has 0 fully saturated rings. The monoisotopic (exact) mass is 289 g/mol. The van der Waals surface area contributed by atoms with E-state index in [1.165, 1.54) is 0 Å². The van der Waals surface area contributed by atoms with Gasteiger partial charge in [-0.15, -0.1) is 11.8 Å². The molecule has 2 heterocycles. The minimum absolute atomic E-state index is 0.0134. The second-order valence-corrected chi connectivity index (χ2v) is 5.90. The number of hydrogen-bond donors (Lipinski definition) is 2. The van der Waals surface area contributed by atoms with Crippen molar-refractivity contribution in [3.63, 3.8) is 0 Å². The molecule has 1 aliphatic rings. The van der Waals surface area contributed by atoms with Crippen LogP contribution in [0.1, 0.15) is 22.1 Å². The van der Waals surface area contributed by atoms with Crippen LogP contribution in [-0.2, 0) is 11.8 Å². The van der Waals surface area contributed by atoms with Gasteiger partial charge in [0.1, 0.15) is 11.6 Å². The molecule has 1 atom stereocenters. The summed E-state index contributed by atoms with van der Waals surface area (Å²) in [6.45, 7) is 1.95. The number of aromatic nitrogens is 2. The Labute approximate surface area is 121 Å². The van der Waals surface area contributed by atoms with Crippen molar-refractivity contribution in [2.45, 2.75) is 12.2 Å². The molecule has 20 heavy (non-hydrogen) atoms. The Kier molecular flexibility index (Phi) is 3.17. The third kappa shape index (κ3) is 2.16. The summed E-state index contributed by atoms with van der Waals surface area (Å²) in [5.74, 6) is 1.39. The molecule has 2 N–H and O–H groups in total. The van der Waals surface area contributed by atoms with Crippen molar-refractivity contribution in [1.82, 2.24) is 9.78 Å². The lowest BCUT2D eigenvalue weighted by Crippen LogP contribution is -2.15. The van der Waals surface area contributed by atoms with E-state index in [-0.39, 0.29) is 16.9 Å². The average molecular weight is 289 g/mol. The van der Waals surface area contributed by atoms with Crippen molar-refractivity contribution < 1.29 is 9.90 Å². The van der Waals surface area contributed by atoms with Crippen LogP contribution in [0.15, 0.2) is 24.3 Å². The largest absolute Gasteiger partial charge is 0.508 e. The smallest absolute Gasteiger partial charge is 0.235 e. The van der Waals surface area contributed by atoms with Gasteiger partial charge in [0, 0.05) is 12.6 Å². The van der Waals surface area contributed by atoms with E-state index in [9.17, 15) is 9.90 Å². The van der Waals surface area contributed by atoms with E-state index in [2.05, 4.69) is 10.4 Å². The second-order valence-electron chi connectivity index (χ2n) is 4.80. The fraction of sp³-hybridized carbons (Fsp3) is 0.286. The molecule has 1 amide bonds. The number of nitrogens with zero attached hydrogens (tertiary/aromatic N) is 2. The summed E-state index contributed by atoms with van der Waals surface area (Å²) in [7, 11) is 1.83. The molecule has 0 radical (unpaired) electrons. The first-order chi connectivity index (χ1) is 9.56. The summed E-state index contributed by atoms with van der Waals surface area (Å²) in [6, 6.07) is 7.11. The van der Waals surface area contributed by atoms with E-state index in [1.54, 1.807) is 28.6 Å². The van der Waals surface area contributed by atoms with Gasteiger partial charge < -0.3 is 10.4 Å². The van der Waals surface area contributed by atoms with E-state index < -0.39 is 0 Å². The zero-order chi connectivity index (χ0) is 14.3. The van der Waals surface area contributed by atoms with Crippen molar-refractivity contribution >= 4 is 23.5 Å². The lowest BCUT2D eigenvalue weighted by atomic mass is 10.0. The summed E-state index contributed by atoms with van der Waals surface area (Å²) >= 11 is 1.57. The third-order valence-electron chi connectivity index (χ3n) is 3.37. The summed E-state index contributed by atoms with van der Waals surface area (Å²) in [4.78, 5) is 11.8. The minimum Gasteiger partial charge on any atom is -0.508 e. The van der Waals surface area contributed by atoms with Gasteiger partial charge in [-0.3, -0.25) is 9.48 Å². The molecule has 3 rings (SSSR count). The standard InChI is InChI=1S/C14H15N3O2S/c1-8-12-13(9-3-5-10(18)6-4-9)20-7-11(19)15-14(12)17(2)16-8/h3-6,13,18H,7H2,1-2H3,(H,15,19)/t13-/m1/s1. The number of carbonyl (C=O) groups is 1. The molecule has 1 aromatic heterocycles. The average Bonchev–Trinajstić information content (AvgIpc) is 2.60. The number of amides is 1. The van der Waals surface area contributed by atoms with Gasteiger partial charge in [-0.1, -0.05) is 12.1 Å². The Hall–Kier alpha value is -1.95. The maximum Gasteiger partial charge on any atom is 0.235 e. The van der Waals surface area contributed by atoms with E-state index >= 15 is 0 Å². The number of hydrogen-bond acceptors (Lipinski definition) is 4. The number of anilines is 1. The molecule has 0 spiro atoms. The van der Waals surface area contributed by atoms with Crippen LogP contribution >= 0.6 is 11.8 Å². The van der Waals surface area contributed by atoms with Gasteiger partial charge in [0.05, 0.1) is 16.7 Å². The lowest BCUT2D eigenvalue weighted by Gasteiger charge is -2.15. The van der Waals surface area contributed by atoms with Crippen LogP contribution in [0.25, 0.3) is 0 Å². The van der Waals surface area contributed by atoms with Crippen molar-refractivity contribution in [2.24, 2.45) is 7.05 Å². The molecule has 104 valence electrons. The predicted octanol–water partition coefficient (Wildman–Crippen LogP) is 2.21. The number of fused-ring (bicyclic) bond motifs is 1. The van der Waals surface area contributed by atoms with Gasteiger partial charge in [-0.2, -0.15) is 5.10 Å². The molecule has 0 bridgehead atoms. The molecule has 1 aliphatic heterocycles. The molecule has 5 nitrogen and oxygen atoms in total. The Balaban J connectivity index is 2.12. The number of thioether (sulfide) groups is 1. The van der Waals surface area contributed by atoms with Crippen molar-refractivity contribution in [3.8, 4) is 5.75 Å². The molecule has 2 aromatic rings. The van der Waals surface area contributed by atoms with Crippen LogP contribution in [0.4, 0.5) is 5.82 Å². The first-order valence-corrected chi connectivity index (χ1v) is 7.35. The molecule has 0 saturated heterocycles. The topological polar surface area (TPSA) is 67.1 Å². The van der Waals surface area contributed by atoms with E-state index in [0.717, 1.165) is 22.6 Å². The summed E-state index contributed by atoms with van der Waals surface area (Å²) in [5, 5.41) is 16.8. The maximum atomic E-state index is 11.8. The molecule has 6 heteroatoms. The minimum atomic E-state index is -0.0134.